The van der Waals surface area contributed by atoms with Crippen molar-refractivity contribution in [3.8, 4) is 6.07 Å². The zero-order valence-electron chi connectivity index (χ0n) is 13.9. The second kappa shape index (κ2) is 5.74. The van der Waals surface area contributed by atoms with Gasteiger partial charge in [-0.05, 0) is 11.0 Å². The Kier molecular flexibility index (Phi) is 3.84. The standard InChI is InChI=1S/C18H17N3O4/c1-18(2)7-13(22)16-14(8-18)25-17(20)12(9-19)15(16)10-3-5-11(6-4-10)21(23)24/h3-6,15H,7-8,20H2,1-2H3/t15-/m1/s1. The van der Waals surface area contributed by atoms with E-state index in [1.807, 2.05) is 19.9 Å². The number of ketones is 1. The lowest BCUT2D eigenvalue weighted by Gasteiger charge is -2.37. The first-order valence-corrected chi connectivity index (χ1v) is 7.82. The summed E-state index contributed by atoms with van der Waals surface area (Å²) in [5.74, 6) is -0.274. The Bertz CT molecular complexity index is 873. The zero-order chi connectivity index (χ0) is 18.4. The number of hydrogen-bond acceptors (Lipinski definition) is 6. The van der Waals surface area contributed by atoms with Gasteiger partial charge in [0.15, 0.2) is 5.78 Å². The van der Waals surface area contributed by atoms with E-state index in [1.54, 1.807) is 12.1 Å². The average Bonchev–Trinajstić information content (AvgIpc) is 2.52. The molecule has 0 saturated carbocycles. The number of benzene rings is 1. The topological polar surface area (TPSA) is 119 Å². The zero-order valence-corrected chi connectivity index (χ0v) is 13.9. The van der Waals surface area contributed by atoms with Crippen LogP contribution in [-0.4, -0.2) is 10.7 Å². The van der Waals surface area contributed by atoms with Crippen LogP contribution in [0.25, 0.3) is 0 Å². The van der Waals surface area contributed by atoms with Crippen molar-refractivity contribution in [1.29, 1.82) is 5.26 Å². The van der Waals surface area contributed by atoms with Crippen LogP contribution in [0.5, 0.6) is 0 Å². The first kappa shape index (κ1) is 16.7. The molecule has 7 heteroatoms. The maximum absolute atomic E-state index is 12.8. The normalized spacial score (nSPS) is 22.1. The quantitative estimate of drug-likeness (QED) is 0.653. The minimum Gasteiger partial charge on any atom is -0.444 e. The lowest BCUT2D eigenvalue weighted by Crippen LogP contribution is -2.33. The minimum absolute atomic E-state index is 0.0184. The Hall–Kier alpha value is -3.14. The van der Waals surface area contributed by atoms with E-state index in [0.29, 0.717) is 29.7 Å². The van der Waals surface area contributed by atoms with Gasteiger partial charge < -0.3 is 10.5 Å². The number of Topliss-reactive ketones (excluding diaryl/α,β-unsaturated/α-hetero) is 1. The number of ether oxygens (including phenoxy) is 1. The van der Waals surface area contributed by atoms with Gasteiger partial charge >= 0.3 is 0 Å². The Morgan fingerprint density at radius 1 is 1.32 bits per heavy atom. The summed E-state index contributed by atoms with van der Waals surface area (Å²) in [5, 5.41) is 20.4. The van der Waals surface area contributed by atoms with Crippen molar-refractivity contribution in [1.82, 2.24) is 0 Å². The Labute approximate surface area is 144 Å². The molecule has 128 valence electrons. The van der Waals surface area contributed by atoms with Gasteiger partial charge in [0.2, 0.25) is 5.88 Å². The van der Waals surface area contributed by atoms with Crippen molar-refractivity contribution in [3.63, 3.8) is 0 Å². The van der Waals surface area contributed by atoms with E-state index >= 15 is 0 Å². The third kappa shape index (κ3) is 2.87. The first-order valence-electron chi connectivity index (χ1n) is 7.82. The van der Waals surface area contributed by atoms with Crippen molar-refractivity contribution >= 4 is 11.5 Å². The van der Waals surface area contributed by atoms with Gasteiger partial charge in [-0.3, -0.25) is 14.9 Å². The summed E-state index contributed by atoms with van der Waals surface area (Å²) in [4.78, 5) is 23.1. The highest BCUT2D eigenvalue weighted by atomic mass is 16.6. The van der Waals surface area contributed by atoms with E-state index < -0.39 is 10.8 Å². The number of carbonyl (C=O) groups is 1. The highest BCUT2D eigenvalue weighted by molar-refractivity contribution is 6.00. The van der Waals surface area contributed by atoms with Crippen molar-refractivity contribution in [3.05, 3.63) is 62.7 Å². The van der Waals surface area contributed by atoms with Crippen LogP contribution in [0.2, 0.25) is 0 Å². The first-order chi connectivity index (χ1) is 11.7. The lowest BCUT2D eigenvalue weighted by atomic mass is 9.70. The summed E-state index contributed by atoms with van der Waals surface area (Å²) in [5.41, 5.74) is 6.80. The molecule has 25 heavy (non-hydrogen) atoms. The average molecular weight is 339 g/mol. The van der Waals surface area contributed by atoms with Gasteiger partial charge in [-0.1, -0.05) is 26.0 Å². The number of rotatable bonds is 2. The molecule has 0 unspecified atom stereocenters. The van der Waals surface area contributed by atoms with Crippen LogP contribution >= 0.6 is 0 Å². The molecule has 0 radical (unpaired) electrons. The van der Waals surface area contributed by atoms with Crippen LogP contribution in [0.1, 0.15) is 38.2 Å². The molecule has 2 N–H and O–H groups in total. The molecule has 1 aliphatic heterocycles. The summed E-state index contributed by atoms with van der Waals surface area (Å²) in [7, 11) is 0. The lowest BCUT2D eigenvalue weighted by molar-refractivity contribution is -0.384. The number of nitrogens with zero attached hydrogens (tertiary/aromatic N) is 2. The summed E-state index contributed by atoms with van der Waals surface area (Å²) in [6.07, 6.45) is 0.883. The second-order valence-electron chi connectivity index (χ2n) is 7.05. The van der Waals surface area contributed by atoms with Crippen molar-refractivity contribution in [2.45, 2.75) is 32.6 Å². The smallest absolute Gasteiger partial charge is 0.269 e. The van der Waals surface area contributed by atoms with E-state index in [0.717, 1.165) is 0 Å². The highest BCUT2D eigenvalue weighted by Gasteiger charge is 2.42. The minimum atomic E-state index is -0.654. The van der Waals surface area contributed by atoms with Crippen LogP contribution < -0.4 is 5.73 Å². The molecular weight excluding hydrogens is 322 g/mol. The van der Waals surface area contributed by atoms with E-state index in [2.05, 4.69) is 0 Å². The summed E-state index contributed by atoms with van der Waals surface area (Å²) < 4.78 is 5.60. The maximum Gasteiger partial charge on any atom is 0.269 e. The van der Waals surface area contributed by atoms with Gasteiger partial charge in [0.1, 0.15) is 17.4 Å². The van der Waals surface area contributed by atoms with Gasteiger partial charge in [-0.25, -0.2) is 0 Å². The molecule has 1 heterocycles. The predicted octanol–water partition coefficient (Wildman–Crippen LogP) is 3.05. The molecule has 0 spiro atoms. The molecule has 3 rings (SSSR count). The van der Waals surface area contributed by atoms with E-state index in [-0.39, 0.29) is 28.3 Å². The fourth-order valence-electron chi connectivity index (χ4n) is 3.41. The molecule has 1 atom stereocenters. The number of non-ortho nitro benzene ring substituents is 1. The van der Waals surface area contributed by atoms with E-state index in [9.17, 15) is 20.2 Å². The number of nitro groups is 1. The van der Waals surface area contributed by atoms with Crippen molar-refractivity contribution < 1.29 is 14.5 Å². The molecule has 0 bridgehead atoms. The summed E-state index contributed by atoms with van der Waals surface area (Å²) >= 11 is 0. The predicted molar refractivity (Wildman–Crippen MR) is 88.8 cm³/mol. The molecule has 0 fully saturated rings. The number of nitriles is 1. The van der Waals surface area contributed by atoms with Gasteiger partial charge in [0, 0.05) is 30.5 Å². The maximum atomic E-state index is 12.8. The van der Waals surface area contributed by atoms with E-state index in [1.165, 1.54) is 12.1 Å². The molecule has 1 aromatic carbocycles. The van der Waals surface area contributed by atoms with Crippen LogP contribution in [-0.2, 0) is 9.53 Å². The largest absolute Gasteiger partial charge is 0.444 e. The van der Waals surface area contributed by atoms with Gasteiger partial charge in [0.25, 0.3) is 5.69 Å². The molecule has 1 aromatic rings. The molecular formula is C18H17N3O4. The second-order valence-corrected chi connectivity index (χ2v) is 7.05. The molecule has 2 aliphatic rings. The molecule has 0 saturated heterocycles. The number of carbonyl (C=O) groups excluding carboxylic acids is 1. The highest BCUT2D eigenvalue weighted by Crippen LogP contribution is 2.47. The van der Waals surface area contributed by atoms with Gasteiger partial charge in [-0.15, -0.1) is 0 Å². The van der Waals surface area contributed by atoms with Crippen molar-refractivity contribution in [2.24, 2.45) is 11.1 Å². The number of nitrogens with two attached hydrogens (primary N) is 1. The third-order valence-electron chi connectivity index (χ3n) is 4.51. The summed E-state index contributed by atoms with van der Waals surface area (Å²) in [6.45, 7) is 3.94. The summed E-state index contributed by atoms with van der Waals surface area (Å²) in [6, 6.07) is 7.84. The number of nitro benzene ring substituents is 1. The van der Waals surface area contributed by atoms with E-state index in [4.69, 9.17) is 10.5 Å². The SMILES string of the molecule is CC1(C)CC(=O)C2=C(C1)OC(N)=C(C#N)[C@H]2c1ccc([N+](=O)[O-])cc1. The van der Waals surface area contributed by atoms with Crippen LogP contribution in [0.4, 0.5) is 5.69 Å². The van der Waals surface area contributed by atoms with Gasteiger partial charge in [0.05, 0.1) is 10.8 Å². The molecule has 1 aliphatic carbocycles. The van der Waals surface area contributed by atoms with Crippen LogP contribution in [0.3, 0.4) is 0 Å². The molecule has 0 aromatic heterocycles. The fourth-order valence-corrected chi connectivity index (χ4v) is 3.41. The molecule has 0 amide bonds. The third-order valence-corrected chi connectivity index (χ3v) is 4.51. The van der Waals surface area contributed by atoms with Crippen molar-refractivity contribution in [2.75, 3.05) is 0 Å². The monoisotopic (exact) mass is 339 g/mol. The van der Waals surface area contributed by atoms with Crippen LogP contribution in [0.15, 0.2) is 47.1 Å². The van der Waals surface area contributed by atoms with Gasteiger partial charge in [-0.2, -0.15) is 5.26 Å². The Balaban J connectivity index is 2.14. The number of hydrogen-bond donors (Lipinski definition) is 1. The van der Waals surface area contributed by atoms with Crippen LogP contribution in [0, 0.1) is 26.9 Å². The number of allylic oxidation sites excluding steroid dienone is 3. The Morgan fingerprint density at radius 3 is 2.52 bits per heavy atom. The molecule has 7 nitrogen and oxygen atoms in total. The fraction of sp³-hybridized carbons (Fsp3) is 0.333. The Morgan fingerprint density at radius 2 is 1.96 bits per heavy atom.